The van der Waals surface area contributed by atoms with E-state index in [1.165, 1.54) is 0 Å². The van der Waals surface area contributed by atoms with Crippen LogP contribution in [0.25, 0.3) is 0 Å². The number of hydrogen-bond donors (Lipinski definition) is 2. The summed E-state index contributed by atoms with van der Waals surface area (Å²) in [6.07, 6.45) is 3.79. The lowest BCUT2D eigenvalue weighted by Crippen LogP contribution is -2.27. The predicted octanol–water partition coefficient (Wildman–Crippen LogP) is 3.70. The van der Waals surface area contributed by atoms with E-state index in [0.29, 0.717) is 27.4 Å². The summed E-state index contributed by atoms with van der Waals surface area (Å²) in [7, 11) is 0. The third kappa shape index (κ3) is 4.10. The number of halogens is 2. The number of nitrogens with zero attached hydrogens (tertiary/aromatic N) is 2. The monoisotopic (exact) mass is 328 g/mol. The molecule has 106 valence electrons. The lowest BCUT2D eigenvalue weighted by molar-refractivity contribution is 0.659. The van der Waals surface area contributed by atoms with Gasteiger partial charge in [0.25, 0.3) is 0 Å². The molecule has 0 aliphatic carbocycles. The Kier molecular flexibility index (Phi) is 5.23. The zero-order chi connectivity index (χ0) is 14.5. The highest BCUT2D eigenvalue weighted by atomic mass is 35.5. The molecule has 2 rings (SSSR count). The molecule has 7 heteroatoms. The molecule has 0 spiro atoms. The molecule has 1 heterocycles. The van der Waals surface area contributed by atoms with Gasteiger partial charge < -0.3 is 10.6 Å². The van der Waals surface area contributed by atoms with Gasteiger partial charge in [-0.15, -0.1) is 0 Å². The molecule has 4 nitrogen and oxygen atoms in total. The average molecular weight is 329 g/mol. The van der Waals surface area contributed by atoms with Crippen LogP contribution in [0.15, 0.2) is 30.6 Å². The maximum atomic E-state index is 6.06. The number of rotatable bonds is 4. The fourth-order valence-electron chi connectivity index (χ4n) is 1.61. The van der Waals surface area contributed by atoms with Crippen LogP contribution in [0.1, 0.15) is 12.5 Å². The molecule has 0 atom stereocenters. The highest BCUT2D eigenvalue weighted by molar-refractivity contribution is 7.80. The van der Waals surface area contributed by atoms with Gasteiger partial charge >= 0.3 is 0 Å². The SMILES string of the molecule is CCn1cc(CNC(=S)Nc2cc(Cl)ccc2Cl)cn1. The van der Waals surface area contributed by atoms with Gasteiger partial charge in [-0.2, -0.15) is 5.10 Å². The lowest BCUT2D eigenvalue weighted by atomic mass is 10.3. The van der Waals surface area contributed by atoms with E-state index in [-0.39, 0.29) is 0 Å². The Morgan fingerprint density at radius 3 is 2.90 bits per heavy atom. The van der Waals surface area contributed by atoms with Crippen LogP contribution in [0.3, 0.4) is 0 Å². The van der Waals surface area contributed by atoms with Crippen LogP contribution in [0.4, 0.5) is 5.69 Å². The fraction of sp³-hybridized carbons (Fsp3) is 0.231. The van der Waals surface area contributed by atoms with Crippen molar-refractivity contribution < 1.29 is 0 Å². The first kappa shape index (κ1) is 15.1. The van der Waals surface area contributed by atoms with Gasteiger partial charge in [-0.1, -0.05) is 23.2 Å². The van der Waals surface area contributed by atoms with Crippen molar-refractivity contribution in [2.24, 2.45) is 0 Å². The van der Waals surface area contributed by atoms with Crippen LogP contribution in [-0.2, 0) is 13.1 Å². The number of nitrogens with one attached hydrogen (secondary N) is 2. The Labute approximate surface area is 133 Å². The summed E-state index contributed by atoms with van der Waals surface area (Å²) in [6.45, 7) is 3.49. The minimum atomic E-state index is 0.485. The molecular formula is C13H14Cl2N4S. The van der Waals surface area contributed by atoms with Crippen LogP contribution in [0, 0.1) is 0 Å². The van der Waals surface area contributed by atoms with Crippen LogP contribution in [-0.4, -0.2) is 14.9 Å². The number of aryl methyl sites for hydroxylation is 1. The smallest absolute Gasteiger partial charge is 0.171 e. The van der Waals surface area contributed by atoms with Gasteiger partial charge in [-0.25, -0.2) is 0 Å². The molecule has 0 unspecified atom stereocenters. The molecule has 2 N–H and O–H groups in total. The van der Waals surface area contributed by atoms with Crippen molar-refractivity contribution in [3.05, 3.63) is 46.2 Å². The van der Waals surface area contributed by atoms with Crippen molar-refractivity contribution in [2.45, 2.75) is 20.0 Å². The van der Waals surface area contributed by atoms with E-state index in [4.69, 9.17) is 35.4 Å². The largest absolute Gasteiger partial charge is 0.358 e. The number of thiocarbonyl (C=S) groups is 1. The van der Waals surface area contributed by atoms with Gasteiger partial charge in [0.15, 0.2) is 5.11 Å². The predicted molar refractivity (Wildman–Crippen MR) is 87.4 cm³/mol. The van der Waals surface area contributed by atoms with Crippen molar-refractivity contribution >= 4 is 46.2 Å². The molecule has 0 amide bonds. The van der Waals surface area contributed by atoms with E-state index in [1.54, 1.807) is 18.2 Å². The molecule has 0 saturated carbocycles. The second-order valence-corrected chi connectivity index (χ2v) is 5.39. The topological polar surface area (TPSA) is 41.9 Å². The quantitative estimate of drug-likeness (QED) is 0.840. The van der Waals surface area contributed by atoms with Gasteiger partial charge in [-0.3, -0.25) is 4.68 Å². The standard InChI is InChI=1S/C13H14Cl2N4S/c1-2-19-8-9(7-17-19)6-16-13(20)18-12-5-10(14)3-4-11(12)15/h3-5,7-8H,2,6H2,1H3,(H2,16,18,20). The van der Waals surface area contributed by atoms with Crippen molar-refractivity contribution in [3.8, 4) is 0 Å². The molecular weight excluding hydrogens is 315 g/mol. The third-order valence-electron chi connectivity index (χ3n) is 2.64. The van der Waals surface area contributed by atoms with E-state index in [2.05, 4.69) is 15.7 Å². The van der Waals surface area contributed by atoms with E-state index < -0.39 is 0 Å². The number of hydrogen-bond acceptors (Lipinski definition) is 2. The van der Waals surface area contributed by atoms with Gasteiger partial charge in [0.05, 0.1) is 16.9 Å². The molecule has 1 aromatic heterocycles. The average Bonchev–Trinajstić information content (AvgIpc) is 2.89. The zero-order valence-corrected chi connectivity index (χ0v) is 13.2. The second kappa shape index (κ2) is 6.92. The minimum absolute atomic E-state index is 0.485. The summed E-state index contributed by atoms with van der Waals surface area (Å²) in [6, 6.07) is 5.18. The Hall–Kier alpha value is -1.30. The van der Waals surface area contributed by atoms with E-state index in [1.807, 2.05) is 24.0 Å². The molecule has 0 saturated heterocycles. The lowest BCUT2D eigenvalue weighted by Gasteiger charge is -2.11. The number of aromatic nitrogens is 2. The molecule has 2 aromatic rings. The Bertz CT molecular complexity index is 612. The highest BCUT2D eigenvalue weighted by Crippen LogP contribution is 2.25. The van der Waals surface area contributed by atoms with E-state index in [0.717, 1.165) is 12.1 Å². The fourth-order valence-corrected chi connectivity index (χ4v) is 2.13. The zero-order valence-electron chi connectivity index (χ0n) is 10.9. The molecule has 0 fully saturated rings. The molecule has 20 heavy (non-hydrogen) atoms. The second-order valence-electron chi connectivity index (χ2n) is 4.14. The van der Waals surface area contributed by atoms with Crippen molar-refractivity contribution in [2.75, 3.05) is 5.32 Å². The van der Waals surface area contributed by atoms with Gasteiger partial charge in [0.1, 0.15) is 0 Å². The Morgan fingerprint density at radius 2 is 2.20 bits per heavy atom. The Balaban J connectivity index is 1.90. The van der Waals surface area contributed by atoms with Crippen LogP contribution in [0.2, 0.25) is 10.0 Å². The summed E-state index contributed by atoms with van der Waals surface area (Å²) in [5.74, 6) is 0. The third-order valence-corrected chi connectivity index (χ3v) is 3.45. The first-order chi connectivity index (χ1) is 9.58. The molecule has 0 aliphatic rings. The molecule has 0 aliphatic heterocycles. The summed E-state index contributed by atoms with van der Waals surface area (Å²) in [5, 5.41) is 12.0. The minimum Gasteiger partial charge on any atom is -0.358 e. The maximum absolute atomic E-state index is 6.06. The van der Waals surface area contributed by atoms with Gasteiger partial charge in [-0.05, 0) is 37.3 Å². The summed E-state index contributed by atoms with van der Waals surface area (Å²) >= 11 is 17.2. The van der Waals surface area contributed by atoms with E-state index in [9.17, 15) is 0 Å². The first-order valence-electron chi connectivity index (χ1n) is 6.09. The first-order valence-corrected chi connectivity index (χ1v) is 7.26. The van der Waals surface area contributed by atoms with Gasteiger partial charge in [0.2, 0.25) is 0 Å². The van der Waals surface area contributed by atoms with Crippen molar-refractivity contribution in [3.63, 3.8) is 0 Å². The van der Waals surface area contributed by atoms with Crippen molar-refractivity contribution in [1.29, 1.82) is 0 Å². The van der Waals surface area contributed by atoms with Crippen LogP contribution >= 0.6 is 35.4 Å². The van der Waals surface area contributed by atoms with Crippen LogP contribution < -0.4 is 10.6 Å². The normalized spacial score (nSPS) is 10.3. The summed E-state index contributed by atoms with van der Waals surface area (Å²) < 4.78 is 1.86. The highest BCUT2D eigenvalue weighted by Gasteiger charge is 2.04. The van der Waals surface area contributed by atoms with Crippen molar-refractivity contribution in [1.82, 2.24) is 15.1 Å². The maximum Gasteiger partial charge on any atom is 0.171 e. The summed E-state index contributed by atoms with van der Waals surface area (Å²) in [5.41, 5.74) is 1.74. The molecule has 0 bridgehead atoms. The molecule has 0 radical (unpaired) electrons. The molecule has 1 aromatic carbocycles. The number of anilines is 1. The van der Waals surface area contributed by atoms with Crippen LogP contribution in [0.5, 0.6) is 0 Å². The van der Waals surface area contributed by atoms with Gasteiger partial charge in [0, 0.05) is 29.9 Å². The van der Waals surface area contributed by atoms with E-state index >= 15 is 0 Å². The number of benzene rings is 1. The summed E-state index contributed by atoms with van der Waals surface area (Å²) in [4.78, 5) is 0. The Morgan fingerprint density at radius 1 is 1.40 bits per heavy atom.